The van der Waals surface area contributed by atoms with Gasteiger partial charge in [0.15, 0.2) is 10.3 Å². The van der Waals surface area contributed by atoms with E-state index in [1.54, 1.807) is 31.2 Å². The van der Waals surface area contributed by atoms with E-state index >= 15 is 0 Å². The Bertz CT molecular complexity index is 2150. The molecule has 5 aromatic heterocycles. The third-order valence-electron chi connectivity index (χ3n) is 5.04. The molecule has 41 heteroatoms. The monoisotopic (exact) mass is 1530 g/mol. The van der Waals surface area contributed by atoms with Gasteiger partial charge < -0.3 is 25.3 Å². The maximum absolute atomic E-state index is 12.1. The first-order valence-corrected chi connectivity index (χ1v) is 39.0. The molecule has 5 rings (SSSR count). The summed E-state index contributed by atoms with van der Waals surface area (Å²) in [6.45, 7) is 0. The second-order valence-electron chi connectivity index (χ2n) is 8.97. The van der Waals surface area contributed by atoms with Crippen molar-refractivity contribution in [2.75, 3.05) is 25.0 Å². The topological polar surface area (TPSA) is 129 Å². The summed E-state index contributed by atoms with van der Waals surface area (Å²) in [5, 5.41) is -0.996. The summed E-state index contributed by atoms with van der Waals surface area (Å²) in [7, 11) is 19.8. The molecule has 10 nitrogen and oxygen atoms in total. The molecule has 0 N–H and O–H groups in total. The zero-order chi connectivity index (χ0) is 53.2. The molecule has 5 heterocycles. The Balaban J connectivity index is -0.000000171. The first kappa shape index (κ1) is 83.9. The van der Waals surface area contributed by atoms with E-state index in [0.717, 1.165) is 27.7 Å². The van der Waals surface area contributed by atoms with Crippen LogP contribution in [0.15, 0.2) is 41.3 Å². The molecule has 0 aromatic carbocycles. The number of hydrogen-bond acceptors (Lipinski definition) is 14. The van der Waals surface area contributed by atoms with Gasteiger partial charge >= 0.3 is 141 Å². The van der Waals surface area contributed by atoms with Crippen molar-refractivity contribution in [3.8, 4) is 0 Å². The first-order chi connectivity index (χ1) is 31.1. The zero-order valence-electron chi connectivity index (χ0n) is 34.8. The number of aromatic nitrogens is 10. The van der Waals surface area contributed by atoms with Gasteiger partial charge in [-0.2, -0.15) is 38.9 Å². The molecule has 0 spiro atoms. The fraction of sp³-hybridized carbons (Fsp3) is 0.286. The smallest absolute Gasteiger partial charge is 1.00 e. The first-order valence-electron chi connectivity index (χ1n) is 15.2. The maximum Gasteiger partial charge on any atom is 1.00 e. The maximum atomic E-state index is 12.1. The molecule has 0 aliphatic rings. The molecule has 372 valence electrons. The van der Waals surface area contributed by atoms with E-state index in [9.17, 15) is 43.9 Å². The standard InChI is InChI=1S/C6H4ClF3N2S.C6H5ClF2N2S.C5HCl2F3N2.C5H2Cl2F2N2.C4HCl2IN2.2CH4S.4ClH.2Na.2Zn/c1-13-5-11-2-3(4(7)12-5)6(8,9)10;1-12-6-10-2-3(5(8)9)4(7)11-6;6-3-2(5(8,9)10)1-11-4(7)12-3;6-3-2(4(8)9)1-10-5(7)11-3;5-3-2(7)1-8-4(6)9-3;2*1-2;;;;;;;;/h2H,1H3;2,5H,1H3;1H;1,4H;1H;2*2H,1H3;4*1H;;;;/q;;;;;;;;;;;2*+1;2*+2/p-6. The zero-order valence-corrected chi connectivity index (χ0v) is 59.2. The van der Waals surface area contributed by atoms with Crippen LogP contribution in [0.3, 0.4) is 0 Å². The Kier molecular flexibility index (Phi) is 59.2. The summed E-state index contributed by atoms with van der Waals surface area (Å²) in [6, 6.07) is 0. The van der Waals surface area contributed by atoms with Gasteiger partial charge in [0.05, 0.1) is 14.7 Å². The molecular weight excluding hydrogens is 1520 g/mol. The van der Waals surface area contributed by atoms with Crippen LogP contribution in [0.4, 0.5) is 43.9 Å². The average molecular weight is 1540 g/mol. The van der Waals surface area contributed by atoms with Crippen molar-refractivity contribution in [3.63, 3.8) is 0 Å². The Morgan fingerprint density at radius 2 is 0.739 bits per heavy atom. The summed E-state index contributed by atoms with van der Waals surface area (Å²) < 4.78 is 121. The van der Waals surface area contributed by atoms with Crippen molar-refractivity contribution < 1.29 is 133 Å². The summed E-state index contributed by atoms with van der Waals surface area (Å²) in [6.07, 6.45) is -3.01. The number of nitrogens with zero attached hydrogens (tertiary/aromatic N) is 10. The molecule has 5 aromatic rings. The molecule has 0 fully saturated rings. The molecular formula is C28H19Cl12F10IN10Na2S4Zn2. The van der Waals surface area contributed by atoms with Crippen molar-refractivity contribution in [2.24, 2.45) is 0 Å². The minimum Gasteiger partial charge on any atom is 1.00 e. The number of halogens is 23. The van der Waals surface area contributed by atoms with Crippen molar-refractivity contribution in [1.82, 2.24) is 49.8 Å². The van der Waals surface area contributed by atoms with E-state index in [1.807, 2.05) is 22.6 Å². The summed E-state index contributed by atoms with van der Waals surface area (Å²) >= 11 is 53.4. The number of hydrogen-bond donors (Lipinski definition) is 0. The summed E-state index contributed by atoms with van der Waals surface area (Å²) in [5.41, 5.74) is -2.83. The van der Waals surface area contributed by atoms with Crippen LogP contribution in [0.1, 0.15) is 35.1 Å². The van der Waals surface area contributed by atoms with Crippen molar-refractivity contribution >= 4 is 203 Å². The average Bonchev–Trinajstić information content (AvgIpc) is 3.24. The predicted octanol–water partition coefficient (Wildman–Crippen LogP) is 10.7. The van der Waals surface area contributed by atoms with Crippen LogP contribution in [0.5, 0.6) is 0 Å². The summed E-state index contributed by atoms with van der Waals surface area (Å²) in [4.78, 5) is 34.6. The second-order valence-corrected chi connectivity index (χ2v) is 23.7. The molecule has 0 saturated carbocycles. The van der Waals surface area contributed by atoms with E-state index in [4.69, 9.17) is 132 Å². The Morgan fingerprint density at radius 1 is 0.478 bits per heavy atom. The Labute approximate surface area is 536 Å². The van der Waals surface area contributed by atoms with E-state index in [1.165, 1.54) is 11.8 Å². The van der Waals surface area contributed by atoms with Crippen LogP contribution in [-0.2, 0) is 67.9 Å². The molecule has 0 amide bonds. The quantitative estimate of drug-likeness (QED) is 0.0322. The third-order valence-corrected chi connectivity index (χ3v) is 9.28. The van der Waals surface area contributed by atoms with Gasteiger partial charge in [-0.15, -0.1) is 0 Å². The molecule has 0 saturated heterocycles. The van der Waals surface area contributed by atoms with Gasteiger partial charge in [0.1, 0.15) is 36.9 Å². The molecule has 0 radical (unpaired) electrons. The predicted molar refractivity (Wildman–Crippen MR) is 256 cm³/mol. The minimum absolute atomic E-state index is 0. The SMILES string of the molecule is CSc1ncc(C(F)(F)F)c(Cl)n1.CSc1ncc(C(F)F)c(Cl)n1.C[S-].C[S-].Clc1ncc(I)c(Cl)n1.FC(F)(F)c1cnc(Cl)nc1Cl.FC(F)c1cnc(Cl)nc1Cl.[Cl][Zn][Cl].[Cl][Zn][Cl].[Na+].[Na+]. The Morgan fingerprint density at radius 3 is 1.01 bits per heavy atom. The molecule has 0 atom stereocenters. The number of rotatable bonds is 4. The van der Waals surface area contributed by atoms with E-state index < -0.39 is 82.5 Å². The van der Waals surface area contributed by atoms with E-state index in [2.05, 4.69) is 75.1 Å². The van der Waals surface area contributed by atoms with Gasteiger partial charge in [-0.05, 0) is 69.9 Å². The number of thioether (sulfide) groups is 2. The van der Waals surface area contributed by atoms with Crippen LogP contribution in [0, 0.1) is 3.57 Å². The van der Waals surface area contributed by atoms with Crippen LogP contribution in [0.2, 0.25) is 41.6 Å². The van der Waals surface area contributed by atoms with Crippen LogP contribution < -0.4 is 59.1 Å². The molecule has 0 aliphatic heterocycles. The van der Waals surface area contributed by atoms with Crippen LogP contribution >= 0.6 is 178 Å². The normalized spacial score (nSPS) is 9.55. The van der Waals surface area contributed by atoms with Gasteiger partial charge in [-0.3, -0.25) is 0 Å². The molecule has 0 unspecified atom stereocenters. The van der Waals surface area contributed by atoms with Gasteiger partial charge in [0.25, 0.3) is 12.9 Å². The fourth-order valence-corrected chi connectivity index (χ4v) is 5.18. The molecule has 0 aliphatic carbocycles. The van der Waals surface area contributed by atoms with Gasteiger partial charge in [-0.1, -0.05) is 81.5 Å². The van der Waals surface area contributed by atoms with Gasteiger partial charge in [-0.25, -0.2) is 67.4 Å². The van der Waals surface area contributed by atoms with Crippen molar-refractivity contribution in [2.45, 2.75) is 35.5 Å². The summed E-state index contributed by atoms with van der Waals surface area (Å²) in [5.74, 6) is 0. The van der Waals surface area contributed by atoms with Crippen molar-refractivity contribution in [1.29, 1.82) is 0 Å². The third kappa shape index (κ3) is 40.4. The minimum atomic E-state index is -4.54. The largest absolute Gasteiger partial charge is 1.00 e. The molecule has 0 bridgehead atoms. The number of alkyl halides is 10. The Hall–Kier alpha value is 3.56. The molecule has 69 heavy (non-hydrogen) atoms. The second kappa shape index (κ2) is 48.7. The van der Waals surface area contributed by atoms with Gasteiger partial charge in [0.2, 0.25) is 15.9 Å². The fourth-order valence-electron chi connectivity index (χ4n) is 2.59. The van der Waals surface area contributed by atoms with Gasteiger partial charge in [0, 0.05) is 31.0 Å². The van der Waals surface area contributed by atoms with E-state index in [-0.39, 0.29) is 96.0 Å². The van der Waals surface area contributed by atoms with Crippen molar-refractivity contribution in [3.05, 3.63) is 98.4 Å². The van der Waals surface area contributed by atoms with Crippen LogP contribution in [-0.4, -0.2) is 74.9 Å². The van der Waals surface area contributed by atoms with Crippen LogP contribution in [0.25, 0.3) is 0 Å². The van der Waals surface area contributed by atoms with E-state index in [0.29, 0.717) is 22.7 Å².